The van der Waals surface area contributed by atoms with E-state index in [2.05, 4.69) is 10.2 Å². The molecule has 1 amide bonds. The summed E-state index contributed by atoms with van der Waals surface area (Å²) in [5.41, 5.74) is 5.79. The molecular formula is C34H40N2O7. The Kier molecular flexibility index (Phi) is 10.6. The minimum atomic E-state index is -0.858. The third-order valence-corrected chi connectivity index (χ3v) is 7.86. The van der Waals surface area contributed by atoms with Gasteiger partial charge in [0.1, 0.15) is 0 Å². The van der Waals surface area contributed by atoms with Gasteiger partial charge in [0.15, 0.2) is 12.4 Å². The Morgan fingerprint density at radius 2 is 1.67 bits per heavy atom. The minimum Gasteiger partial charge on any atom is -0.453 e. The molecule has 2 heterocycles. The number of nitrogens with one attached hydrogen (secondary N) is 1. The lowest BCUT2D eigenvalue weighted by molar-refractivity contribution is -0.253. The number of ether oxygens (including phenoxy) is 4. The Morgan fingerprint density at radius 3 is 2.37 bits per heavy atom. The molecule has 0 aliphatic carbocycles. The first kappa shape index (κ1) is 30.8. The first-order valence-corrected chi connectivity index (χ1v) is 14.8. The van der Waals surface area contributed by atoms with Crippen LogP contribution >= 0.6 is 0 Å². The van der Waals surface area contributed by atoms with Gasteiger partial charge in [0.25, 0.3) is 5.91 Å². The summed E-state index contributed by atoms with van der Waals surface area (Å²) in [5, 5.41) is 12.3. The van der Waals surface area contributed by atoms with Gasteiger partial charge < -0.3 is 29.4 Å². The van der Waals surface area contributed by atoms with Crippen molar-refractivity contribution < 1.29 is 33.6 Å². The number of amides is 1. The minimum absolute atomic E-state index is 0.00640. The van der Waals surface area contributed by atoms with Gasteiger partial charge in [-0.2, -0.15) is 0 Å². The summed E-state index contributed by atoms with van der Waals surface area (Å²) < 4.78 is 23.6. The van der Waals surface area contributed by atoms with E-state index in [1.54, 1.807) is 6.92 Å². The van der Waals surface area contributed by atoms with Crippen molar-refractivity contribution in [3.05, 3.63) is 95.1 Å². The number of esters is 1. The quantitative estimate of drug-likeness (QED) is 0.338. The van der Waals surface area contributed by atoms with Crippen LogP contribution in [0, 0.1) is 0 Å². The van der Waals surface area contributed by atoms with Crippen molar-refractivity contribution in [2.75, 3.05) is 32.8 Å². The first-order valence-electron chi connectivity index (χ1n) is 14.8. The number of nitrogens with zero attached hydrogens (tertiary/aromatic N) is 1. The third kappa shape index (κ3) is 8.28. The average Bonchev–Trinajstić information content (AvgIpc) is 3.04. The van der Waals surface area contributed by atoms with Crippen LogP contribution in [0.5, 0.6) is 0 Å². The number of hydrogen-bond donors (Lipinski definition) is 2. The van der Waals surface area contributed by atoms with Gasteiger partial charge in [-0.1, -0.05) is 72.8 Å². The van der Waals surface area contributed by atoms with Crippen molar-refractivity contribution in [1.82, 2.24) is 10.2 Å². The number of benzene rings is 3. The Morgan fingerprint density at radius 1 is 0.977 bits per heavy atom. The zero-order valence-corrected chi connectivity index (χ0v) is 24.7. The highest BCUT2D eigenvalue weighted by atomic mass is 16.7. The van der Waals surface area contributed by atoms with Crippen LogP contribution in [-0.4, -0.2) is 66.9 Å². The van der Waals surface area contributed by atoms with Crippen LogP contribution in [-0.2, 0) is 41.7 Å². The van der Waals surface area contributed by atoms with Crippen molar-refractivity contribution in [3.8, 4) is 11.1 Å². The topological polar surface area (TPSA) is 107 Å². The summed E-state index contributed by atoms with van der Waals surface area (Å²) in [7, 11) is 0. The molecule has 43 heavy (non-hydrogen) atoms. The molecule has 3 aromatic rings. The van der Waals surface area contributed by atoms with Crippen LogP contribution in [0.2, 0.25) is 0 Å². The van der Waals surface area contributed by atoms with E-state index in [9.17, 15) is 14.7 Å². The van der Waals surface area contributed by atoms with E-state index in [-0.39, 0.29) is 24.7 Å². The average molecular weight is 589 g/mol. The first-order chi connectivity index (χ1) is 20.9. The molecule has 0 aromatic heterocycles. The molecular weight excluding hydrogens is 548 g/mol. The molecule has 2 N–H and O–H groups in total. The maximum absolute atomic E-state index is 12.4. The normalized spacial score (nSPS) is 21.6. The largest absolute Gasteiger partial charge is 0.453 e. The molecule has 0 bridgehead atoms. The van der Waals surface area contributed by atoms with Crippen molar-refractivity contribution in [2.45, 2.75) is 58.0 Å². The fourth-order valence-electron chi connectivity index (χ4n) is 5.51. The van der Waals surface area contributed by atoms with E-state index >= 15 is 0 Å². The SMILES string of the molecule is CC(=O)O[C@@H](C)C(=O)NCc1ccccc1-c1ccc([C@@H]2O[C@H](CN3CCOCC3)C[C@H](c3ccc(CO)cc3)O2)cc1. The van der Waals surface area contributed by atoms with Crippen molar-refractivity contribution in [1.29, 1.82) is 0 Å². The van der Waals surface area contributed by atoms with Crippen LogP contribution < -0.4 is 5.32 Å². The summed E-state index contributed by atoms with van der Waals surface area (Å²) >= 11 is 0. The number of hydrogen-bond acceptors (Lipinski definition) is 8. The highest BCUT2D eigenvalue weighted by Gasteiger charge is 2.33. The van der Waals surface area contributed by atoms with Gasteiger partial charge in [0, 0.05) is 45.1 Å². The predicted octanol–water partition coefficient (Wildman–Crippen LogP) is 4.29. The van der Waals surface area contributed by atoms with Crippen LogP contribution in [0.15, 0.2) is 72.8 Å². The lowest BCUT2D eigenvalue weighted by atomic mass is 9.97. The summed E-state index contributed by atoms with van der Waals surface area (Å²) in [5.74, 6) is -0.841. The molecule has 2 aliphatic rings. The molecule has 2 aliphatic heterocycles. The molecule has 2 fully saturated rings. The smallest absolute Gasteiger partial charge is 0.303 e. The van der Waals surface area contributed by atoms with E-state index in [0.29, 0.717) is 6.54 Å². The summed E-state index contributed by atoms with van der Waals surface area (Å²) in [6.45, 7) is 7.19. The fraction of sp³-hybridized carbons (Fsp3) is 0.412. The second kappa shape index (κ2) is 14.7. The monoisotopic (exact) mass is 588 g/mol. The zero-order valence-electron chi connectivity index (χ0n) is 24.7. The van der Waals surface area contributed by atoms with Gasteiger partial charge in [-0.25, -0.2) is 0 Å². The molecule has 0 spiro atoms. The van der Waals surface area contributed by atoms with Gasteiger partial charge in [-0.3, -0.25) is 14.5 Å². The number of aliphatic hydroxyl groups is 1. The fourth-order valence-corrected chi connectivity index (χ4v) is 5.51. The van der Waals surface area contributed by atoms with E-state index in [4.69, 9.17) is 18.9 Å². The summed E-state index contributed by atoms with van der Waals surface area (Å²) in [4.78, 5) is 26.0. The summed E-state index contributed by atoms with van der Waals surface area (Å²) in [6, 6.07) is 23.9. The van der Waals surface area contributed by atoms with Gasteiger partial charge in [0.05, 0.1) is 32.0 Å². The number of rotatable bonds is 10. The van der Waals surface area contributed by atoms with Crippen LogP contribution in [0.25, 0.3) is 11.1 Å². The Balaban J connectivity index is 1.31. The molecule has 2 saturated heterocycles. The lowest BCUT2D eigenvalue weighted by Crippen LogP contribution is -2.44. The molecule has 228 valence electrons. The number of carbonyl (C=O) groups is 2. The highest BCUT2D eigenvalue weighted by molar-refractivity contribution is 5.83. The van der Waals surface area contributed by atoms with Crippen LogP contribution in [0.3, 0.4) is 0 Å². The molecule has 0 unspecified atom stereocenters. The Labute approximate surface area is 252 Å². The van der Waals surface area contributed by atoms with E-state index in [0.717, 1.165) is 72.6 Å². The second-order valence-electron chi connectivity index (χ2n) is 11.0. The molecule has 9 heteroatoms. The van der Waals surface area contributed by atoms with Crippen LogP contribution in [0.1, 0.15) is 54.9 Å². The van der Waals surface area contributed by atoms with Crippen molar-refractivity contribution >= 4 is 11.9 Å². The third-order valence-electron chi connectivity index (χ3n) is 7.86. The predicted molar refractivity (Wildman–Crippen MR) is 161 cm³/mol. The second-order valence-corrected chi connectivity index (χ2v) is 11.0. The molecule has 0 saturated carbocycles. The number of aliphatic hydroxyl groups excluding tert-OH is 1. The lowest BCUT2D eigenvalue weighted by Gasteiger charge is -2.39. The molecule has 3 aromatic carbocycles. The van der Waals surface area contributed by atoms with E-state index < -0.39 is 18.4 Å². The Bertz CT molecular complexity index is 1360. The molecule has 9 nitrogen and oxygen atoms in total. The molecule has 4 atom stereocenters. The van der Waals surface area contributed by atoms with E-state index in [1.165, 1.54) is 6.92 Å². The Hall–Kier alpha value is -3.60. The highest BCUT2D eigenvalue weighted by Crippen LogP contribution is 2.39. The van der Waals surface area contributed by atoms with Gasteiger partial charge >= 0.3 is 5.97 Å². The van der Waals surface area contributed by atoms with Gasteiger partial charge in [-0.05, 0) is 34.7 Å². The maximum Gasteiger partial charge on any atom is 0.303 e. The van der Waals surface area contributed by atoms with Gasteiger partial charge in [-0.15, -0.1) is 0 Å². The standard InChI is InChI=1S/C34H40N2O7/c1-23(41-24(2)38)33(39)35-20-29-5-3-4-6-31(29)26-11-13-28(14-12-26)34-42-30(21-36-15-17-40-18-16-36)19-32(43-34)27-9-7-25(22-37)8-10-27/h3-14,23,30,32,34,37H,15-22H2,1-2H3,(H,35,39)/t23-,30-,32+,34+/m0/s1. The maximum atomic E-state index is 12.4. The van der Waals surface area contributed by atoms with Crippen molar-refractivity contribution in [3.63, 3.8) is 0 Å². The molecule has 0 radical (unpaired) electrons. The van der Waals surface area contributed by atoms with Gasteiger partial charge in [0.2, 0.25) is 0 Å². The zero-order chi connectivity index (χ0) is 30.2. The number of carbonyl (C=O) groups excluding carboxylic acids is 2. The molecule has 5 rings (SSSR count). The summed E-state index contributed by atoms with van der Waals surface area (Å²) in [6.07, 6.45) is -0.815. The van der Waals surface area contributed by atoms with Crippen molar-refractivity contribution in [2.24, 2.45) is 0 Å². The van der Waals surface area contributed by atoms with Crippen LogP contribution in [0.4, 0.5) is 0 Å². The number of morpholine rings is 1. The van der Waals surface area contributed by atoms with E-state index in [1.807, 2.05) is 72.8 Å².